The molecular weight excluding hydrogens is 582 g/mol. The lowest BCUT2D eigenvalue weighted by molar-refractivity contribution is -0.176. The van der Waals surface area contributed by atoms with Crippen LogP contribution in [0.25, 0.3) is 0 Å². The summed E-state index contributed by atoms with van der Waals surface area (Å²) in [4.78, 5) is 37.6. The number of carboxylic acid groups (broad SMARTS) is 1. The van der Waals surface area contributed by atoms with Gasteiger partial charge >= 0.3 is 12.1 Å². The van der Waals surface area contributed by atoms with E-state index in [9.17, 15) is 32.3 Å². The minimum absolute atomic E-state index is 0.0150. The van der Waals surface area contributed by atoms with Crippen LogP contribution in [0.5, 0.6) is 0 Å². The van der Waals surface area contributed by atoms with Gasteiger partial charge in [0.1, 0.15) is 17.2 Å². The van der Waals surface area contributed by atoms with Gasteiger partial charge in [-0.05, 0) is 68.9 Å². The second-order valence-electron chi connectivity index (χ2n) is 12.4. The highest BCUT2D eigenvalue weighted by molar-refractivity contribution is 5.89. The Kier molecular flexibility index (Phi) is 8.20. The number of alkyl halides is 3. The van der Waals surface area contributed by atoms with Crippen molar-refractivity contribution in [2.45, 2.75) is 56.5 Å². The number of pyridine rings is 1. The first-order valence-corrected chi connectivity index (χ1v) is 15.2. The SMILES string of the molecule is CC1CN(C2CC[C@@](C(=O)N3CCN(c4cc(C(F)(F)F)ccn4)CC3)(C3CC3)OC2)CCN1c1ccc(F)c(C(=O)O)c1. The Morgan fingerprint density at radius 3 is 2.39 bits per heavy atom. The molecular formula is C31H37F4N5O4. The summed E-state index contributed by atoms with van der Waals surface area (Å²) >= 11 is 0. The maximum Gasteiger partial charge on any atom is 0.416 e. The summed E-state index contributed by atoms with van der Waals surface area (Å²) in [5, 5.41) is 9.32. The lowest BCUT2D eigenvalue weighted by atomic mass is 9.85. The quantitative estimate of drug-likeness (QED) is 0.484. The number of carbonyl (C=O) groups excluding carboxylic acids is 1. The van der Waals surface area contributed by atoms with Crippen molar-refractivity contribution in [3.8, 4) is 0 Å². The van der Waals surface area contributed by atoms with Crippen LogP contribution in [0.2, 0.25) is 0 Å². The van der Waals surface area contributed by atoms with Crippen molar-refractivity contribution in [2.24, 2.45) is 5.92 Å². The van der Waals surface area contributed by atoms with Crippen LogP contribution < -0.4 is 9.80 Å². The summed E-state index contributed by atoms with van der Waals surface area (Å²) in [5.41, 5.74) is -1.26. The van der Waals surface area contributed by atoms with E-state index in [2.05, 4.69) is 21.7 Å². The Bertz CT molecular complexity index is 1390. The smallest absolute Gasteiger partial charge is 0.416 e. The fraction of sp³-hybridized carbons (Fsp3) is 0.581. The molecule has 4 fully saturated rings. The van der Waals surface area contributed by atoms with E-state index in [0.29, 0.717) is 51.4 Å². The van der Waals surface area contributed by atoms with E-state index in [-0.39, 0.29) is 35.3 Å². The topological polar surface area (TPSA) is 89.5 Å². The van der Waals surface area contributed by atoms with Gasteiger partial charge < -0.3 is 24.5 Å². The highest BCUT2D eigenvalue weighted by Crippen LogP contribution is 2.48. The van der Waals surface area contributed by atoms with E-state index in [1.54, 1.807) is 15.9 Å². The molecule has 1 saturated carbocycles. The maximum atomic E-state index is 13.9. The van der Waals surface area contributed by atoms with Gasteiger partial charge in [0.15, 0.2) is 0 Å². The van der Waals surface area contributed by atoms with Crippen LogP contribution in [0.3, 0.4) is 0 Å². The molecule has 238 valence electrons. The largest absolute Gasteiger partial charge is 0.478 e. The van der Waals surface area contributed by atoms with E-state index >= 15 is 0 Å². The summed E-state index contributed by atoms with van der Waals surface area (Å²) in [6, 6.07) is 6.42. The Morgan fingerprint density at radius 2 is 1.77 bits per heavy atom. The Hall–Kier alpha value is -3.45. The number of aromatic nitrogens is 1. The molecule has 1 aromatic heterocycles. The number of aromatic carboxylic acids is 1. The van der Waals surface area contributed by atoms with Gasteiger partial charge in [-0.1, -0.05) is 0 Å². The van der Waals surface area contributed by atoms with Gasteiger partial charge in [0.25, 0.3) is 5.91 Å². The first-order valence-electron chi connectivity index (χ1n) is 15.2. The third kappa shape index (κ3) is 5.95. The average Bonchev–Trinajstić information content (AvgIpc) is 3.87. The molecule has 6 rings (SSSR count). The van der Waals surface area contributed by atoms with Crippen LogP contribution in [0.1, 0.15) is 48.5 Å². The Balaban J connectivity index is 1.05. The molecule has 3 atom stereocenters. The number of nitrogens with zero attached hydrogens (tertiary/aromatic N) is 5. The Morgan fingerprint density at radius 1 is 1.02 bits per heavy atom. The molecule has 1 N–H and O–H groups in total. The first-order chi connectivity index (χ1) is 21.0. The number of rotatable bonds is 6. The van der Waals surface area contributed by atoms with E-state index in [4.69, 9.17) is 4.74 Å². The van der Waals surface area contributed by atoms with Crippen molar-refractivity contribution in [1.82, 2.24) is 14.8 Å². The summed E-state index contributed by atoms with van der Waals surface area (Å²) in [7, 11) is 0. The van der Waals surface area contributed by atoms with Gasteiger partial charge in [0, 0.05) is 69.8 Å². The third-order valence-electron chi connectivity index (χ3n) is 9.63. The first kappa shape index (κ1) is 30.6. The number of amides is 1. The van der Waals surface area contributed by atoms with Crippen molar-refractivity contribution < 1.29 is 37.0 Å². The number of hydrogen-bond donors (Lipinski definition) is 1. The summed E-state index contributed by atoms with van der Waals surface area (Å²) < 4.78 is 60.0. The van der Waals surface area contributed by atoms with Crippen LogP contribution in [0.15, 0.2) is 36.5 Å². The molecule has 0 spiro atoms. The fourth-order valence-corrected chi connectivity index (χ4v) is 7.02. The predicted octanol–water partition coefficient (Wildman–Crippen LogP) is 4.12. The maximum absolute atomic E-state index is 13.9. The number of carbonyl (C=O) groups is 2. The van der Waals surface area contributed by atoms with E-state index in [1.807, 2.05) is 0 Å². The van der Waals surface area contributed by atoms with Crippen molar-refractivity contribution >= 4 is 23.4 Å². The number of anilines is 2. The molecule has 1 aliphatic carbocycles. The summed E-state index contributed by atoms with van der Waals surface area (Å²) in [6.07, 6.45) is 0.0333. The Labute approximate surface area is 253 Å². The highest BCUT2D eigenvalue weighted by Gasteiger charge is 2.56. The molecule has 0 radical (unpaired) electrons. The summed E-state index contributed by atoms with van der Waals surface area (Å²) in [5.74, 6) is -1.62. The van der Waals surface area contributed by atoms with Crippen LogP contribution >= 0.6 is 0 Å². The van der Waals surface area contributed by atoms with Crippen LogP contribution in [-0.4, -0.2) is 102 Å². The van der Waals surface area contributed by atoms with Crippen LogP contribution in [-0.2, 0) is 15.7 Å². The molecule has 3 aliphatic heterocycles. The molecule has 13 heteroatoms. The van der Waals surface area contributed by atoms with E-state index < -0.39 is 29.1 Å². The number of hydrogen-bond acceptors (Lipinski definition) is 7. The predicted molar refractivity (Wildman–Crippen MR) is 154 cm³/mol. The molecule has 4 aliphatic rings. The summed E-state index contributed by atoms with van der Waals surface area (Å²) in [6.45, 7) is 6.18. The van der Waals surface area contributed by atoms with Gasteiger partial charge in [-0.3, -0.25) is 9.69 Å². The fourth-order valence-electron chi connectivity index (χ4n) is 7.02. The van der Waals surface area contributed by atoms with E-state index in [1.165, 1.54) is 18.3 Å². The van der Waals surface area contributed by atoms with E-state index in [0.717, 1.165) is 44.5 Å². The van der Waals surface area contributed by atoms with Gasteiger partial charge in [-0.2, -0.15) is 13.2 Å². The molecule has 1 aromatic carbocycles. The van der Waals surface area contributed by atoms with Crippen molar-refractivity contribution in [1.29, 1.82) is 0 Å². The average molecular weight is 620 g/mol. The molecule has 3 saturated heterocycles. The monoisotopic (exact) mass is 619 g/mol. The molecule has 9 nitrogen and oxygen atoms in total. The second kappa shape index (κ2) is 11.8. The lowest BCUT2D eigenvalue weighted by Gasteiger charge is -2.49. The molecule has 2 aromatic rings. The third-order valence-corrected chi connectivity index (χ3v) is 9.63. The number of piperazine rings is 2. The number of carboxylic acids is 1. The molecule has 4 heterocycles. The molecule has 2 unspecified atom stereocenters. The minimum atomic E-state index is -4.44. The number of ether oxygens (including phenoxy) is 1. The van der Waals surface area contributed by atoms with Gasteiger partial charge in [-0.15, -0.1) is 0 Å². The second-order valence-corrected chi connectivity index (χ2v) is 12.4. The number of halogens is 4. The zero-order chi connectivity index (χ0) is 31.2. The van der Waals surface area contributed by atoms with Gasteiger partial charge in [0.2, 0.25) is 0 Å². The van der Waals surface area contributed by atoms with Crippen LogP contribution in [0.4, 0.5) is 29.1 Å². The number of benzene rings is 1. The van der Waals surface area contributed by atoms with Crippen molar-refractivity contribution in [3.63, 3.8) is 0 Å². The lowest BCUT2D eigenvalue weighted by Crippen LogP contribution is -2.62. The zero-order valence-electron chi connectivity index (χ0n) is 24.6. The van der Waals surface area contributed by atoms with Crippen molar-refractivity contribution in [2.75, 3.05) is 62.2 Å². The standard InChI is InChI=1S/C31H37F4N5O4/c1-20-18-39(14-15-40(20)23-4-5-26(32)25(17-23)28(41)42)24-6-8-30(44-19-24,21-2-3-21)29(43)38-12-10-37(11-13-38)27-16-22(7-9-36-27)31(33,34)35/h4-5,7,9,16-17,20-21,24H,2-3,6,8,10-15,18-19H2,1H3,(H,41,42)/t20?,24?,30-/m0/s1. The molecule has 1 amide bonds. The van der Waals surface area contributed by atoms with Crippen molar-refractivity contribution in [3.05, 3.63) is 53.5 Å². The molecule has 0 bridgehead atoms. The normalized spacial score (nSPS) is 27.0. The van der Waals surface area contributed by atoms with Crippen LogP contribution in [0, 0.1) is 11.7 Å². The molecule has 44 heavy (non-hydrogen) atoms. The minimum Gasteiger partial charge on any atom is -0.478 e. The zero-order valence-corrected chi connectivity index (χ0v) is 24.6. The van der Waals surface area contributed by atoms with Gasteiger partial charge in [0.05, 0.1) is 17.7 Å². The highest BCUT2D eigenvalue weighted by atomic mass is 19.4. The van der Waals surface area contributed by atoms with Gasteiger partial charge in [-0.25, -0.2) is 14.2 Å².